The summed E-state index contributed by atoms with van der Waals surface area (Å²) in [7, 11) is 0. The highest BCUT2D eigenvalue weighted by atomic mass is 16.5. The van der Waals surface area contributed by atoms with Crippen molar-refractivity contribution < 1.29 is 14.3 Å². The zero-order valence-electron chi connectivity index (χ0n) is 15.1. The van der Waals surface area contributed by atoms with Gasteiger partial charge in [-0.2, -0.15) is 0 Å². The molecule has 2 aromatic carbocycles. The van der Waals surface area contributed by atoms with Crippen LogP contribution in [0.2, 0.25) is 0 Å². The van der Waals surface area contributed by atoms with Gasteiger partial charge in [0.1, 0.15) is 11.5 Å². The first-order valence-electron chi connectivity index (χ1n) is 8.97. The fourth-order valence-electron chi connectivity index (χ4n) is 3.07. The van der Waals surface area contributed by atoms with Gasteiger partial charge in [-0.3, -0.25) is 9.59 Å². The van der Waals surface area contributed by atoms with E-state index in [1.165, 1.54) is 0 Å². The Morgan fingerprint density at radius 2 is 1.46 bits per heavy atom. The number of nitrogens with zero attached hydrogens (tertiary/aromatic N) is 2. The smallest absolute Gasteiger partial charge is 0.227 e. The zero-order valence-corrected chi connectivity index (χ0v) is 15.1. The zero-order chi connectivity index (χ0) is 18.4. The number of amides is 2. The normalized spacial score (nSPS) is 14.7. The molecule has 0 atom stereocenters. The molecule has 1 heterocycles. The lowest BCUT2D eigenvalue weighted by Crippen LogP contribution is -2.37. The van der Waals surface area contributed by atoms with Gasteiger partial charge in [0.2, 0.25) is 11.8 Å². The highest BCUT2D eigenvalue weighted by Gasteiger charge is 2.20. The van der Waals surface area contributed by atoms with E-state index < -0.39 is 0 Å². The maximum absolute atomic E-state index is 12.6. The van der Waals surface area contributed by atoms with Crippen molar-refractivity contribution in [1.82, 2.24) is 9.80 Å². The van der Waals surface area contributed by atoms with Crippen molar-refractivity contribution in [3.8, 4) is 11.5 Å². The summed E-state index contributed by atoms with van der Waals surface area (Å²) >= 11 is 0. The van der Waals surface area contributed by atoms with Crippen molar-refractivity contribution in [3.63, 3.8) is 0 Å². The van der Waals surface area contributed by atoms with Gasteiger partial charge in [-0.25, -0.2) is 0 Å². The van der Waals surface area contributed by atoms with Crippen LogP contribution < -0.4 is 4.74 Å². The molecule has 2 amide bonds. The minimum atomic E-state index is 0.0771. The highest BCUT2D eigenvalue weighted by Crippen LogP contribution is 2.21. The van der Waals surface area contributed by atoms with E-state index in [0.29, 0.717) is 26.1 Å². The molecule has 1 fully saturated rings. The van der Waals surface area contributed by atoms with Crippen molar-refractivity contribution in [2.75, 3.05) is 26.2 Å². The standard InChI is InChI=1S/C21H24N2O3/c1-17(24)22-12-5-13-23(15-14-22)21(25)16-18-8-10-20(11-9-18)26-19-6-3-2-4-7-19/h2-4,6-11H,5,12-16H2,1H3. The average Bonchev–Trinajstić information content (AvgIpc) is 2.91. The largest absolute Gasteiger partial charge is 0.457 e. The van der Waals surface area contributed by atoms with Crippen LogP contribution in [-0.2, 0) is 16.0 Å². The Labute approximate surface area is 154 Å². The lowest BCUT2D eigenvalue weighted by atomic mass is 10.1. The summed E-state index contributed by atoms with van der Waals surface area (Å²) in [6.45, 7) is 4.23. The molecule has 0 N–H and O–H groups in total. The maximum Gasteiger partial charge on any atom is 0.227 e. The van der Waals surface area contributed by atoms with E-state index >= 15 is 0 Å². The molecule has 0 radical (unpaired) electrons. The molecule has 5 heteroatoms. The van der Waals surface area contributed by atoms with Crippen LogP contribution in [0.15, 0.2) is 54.6 Å². The van der Waals surface area contributed by atoms with E-state index in [2.05, 4.69) is 0 Å². The number of hydrogen-bond donors (Lipinski definition) is 0. The average molecular weight is 352 g/mol. The number of hydrogen-bond acceptors (Lipinski definition) is 3. The summed E-state index contributed by atoms with van der Waals surface area (Å²) in [5, 5.41) is 0. The van der Waals surface area contributed by atoms with Crippen LogP contribution >= 0.6 is 0 Å². The monoisotopic (exact) mass is 352 g/mol. The van der Waals surface area contributed by atoms with Crippen LogP contribution in [0.4, 0.5) is 0 Å². The van der Waals surface area contributed by atoms with Crippen LogP contribution in [0, 0.1) is 0 Å². The Hall–Kier alpha value is -2.82. The third-order valence-corrected chi connectivity index (χ3v) is 4.55. The molecule has 26 heavy (non-hydrogen) atoms. The fourth-order valence-corrected chi connectivity index (χ4v) is 3.07. The van der Waals surface area contributed by atoms with Gasteiger partial charge in [-0.05, 0) is 36.2 Å². The molecule has 0 spiro atoms. The SMILES string of the molecule is CC(=O)N1CCCN(C(=O)Cc2ccc(Oc3ccccc3)cc2)CC1. The minimum Gasteiger partial charge on any atom is -0.457 e. The van der Waals surface area contributed by atoms with Gasteiger partial charge in [0.05, 0.1) is 6.42 Å². The van der Waals surface area contributed by atoms with Crippen molar-refractivity contribution in [2.24, 2.45) is 0 Å². The molecule has 1 aliphatic heterocycles. The first kappa shape index (κ1) is 18.0. The quantitative estimate of drug-likeness (QED) is 0.850. The van der Waals surface area contributed by atoms with Crippen molar-refractivity contribution >= 4 is 11.8 Å². The lowest BCUT2D eigenvalue weighted by Gasteiger charge is -2.21. The van der Waals surface area contributed by atoms with E-state index in [0.717, 1.165) is 30.0 Å². The van der Waals surface area contributed by atoms with Gasteiger partial charge >= 0.3 is 0 Å². The molecular weight excluding hydrogens is 328 g/mol. The van der Waals surface area contributed by atoms with Gasteiger partial charge in [-0.15, -0.1) is 0 Å². The first-order valence-corrected chi connectivity index (χ1v) is 8.97. The number of benzene rings is 2. The molecule has 3 rings (SSSR count). The topological polar surface area (TPSA) is 49.9 Å². The van der Waals surface area contributed by atoms with Crippen LogP contribution in [0.25, 0.3) is 0 Å². The Morgan fingerprint density at radius 1 is 0.846 bits per heavy atom. The fraction of sp³-hybridized carbons (Fsp3) is 0.333. The summed E-state index contributed by atoms with van der Waals surface area (Å²) in [5.74, 6) is 1.72. The first-order chi connectivity index (χ1) is 12.6. The Morgan fingerprint density at radius 3 is 2.15 bits per heavy atom. The number of carbonyl (C=O) groups excluding carboxylic acids is 2. The molecule has 0 bridgehead atoms. The molecule has 5 nitrogen and oxygen atoms in total. The predicted octanol–water partition coefficient (Wildman–Crippen LogP) is 3.10. The maximum atomic E-state index is 12.6. The Bertz CT molecular complexity index is 744. The molecule has 0 aliphatic carbocycles. The number of para-hydroxylation sites is 1. The molecule has 2 aromatic rings. The summed E-state index contributed by atoms with van der Waals surface area (Å²) in [5.41, 5.74) is 0.961. The molecule has 0 saturated carbocycles. The molecule has 0 unspecified atom stereocenters. The van der Waals surface area contributed by atoms with Gasteiger partial charge in [0.25, 0.3) is 0 Å². The van der Waals surface area contributed by atoms with E-state index in [-0.39, 0.29) is 11.8 Å². The molecule has 1 saturated heterocycles. The third kappa shape index (κ3) is 4.85. The van der Waals surface area contributed by atoms with Crippen molar-refractivity contribution in [1.29, 1.82) is 0 Å². The van der Waals surface area contributed by atoms with Crippen LogP contribution in [0.3, 0.4) is 0 Å². The molecule has 136 valence electrons. The minimum absolute atomic E-state index is 0.0771. The van der Waals surface area contributed by atoms with Gasteiger partial charge < -0.3 is 14.5 Å². The van der Waals surface area contributed by atoms with Crippen molar-refractivity contribution in [3.05, 3.63) is 60.2 Å². The Kier molecular flexibility index (Phi) is 5.89. The van der Waals surface area contributed by atoms with Gasteiger partial charge in [-0.1, -0.05) is 30.3 Å². The number of ether oxygens (including phenoxy) is 1. The lowest BCUT2D eigenvalue weighted by molar-refractivity contribution is -0.132. The van der Waals surface area contributed by atoms with Crippen LogP contribution in [-0.4, -0.2) is 47.8 Å². The van der Waals surface area contributed by atoms with E-state index in [1.807, 2.05) is 64.4 Å². The Balaban J connectivity index is 1.55. The second kappa shape index (κ2) is 8.52. The van der Waals surface area contributed by atoms with Gasteiger partial charge in [0, 0.05) is 33.1 Å². The van der Waals surface area contributed by atoms with Crippen molar-refractivity contribution in [2.45, 2.75) is 19.8 Å². The van der Waals surface area contributed by atoms with E-state index in [4.69, 9.17) is 4.74 Å². The summed E-state index contributed by atoms with van der Waals surface area (Å²) in [6, 6.07) is 17.2. The number of rotatable bonds is 4. The number of carbonyl (C=O) groups is 2. The second-order valence-corrected chi connectivity index (χ2v) is 6.48. The third-order valence-electron chi connectivity index (χ3n) is 4.55. The molecular formula is C21H24N2O3. The van der Waals surface area contributed by atoms with E-state index in [1.54, 1.807) is 6.92 Å². The second-order valence-electron chi connectivity index (χ2n) is 6.48. The molecule has 0 aromatic heterocycles. The summed E-state index contributed by atoms with van der Waals surface area (Å²) < 4.78 is 5.77. The summed E-state index contributed by atoms with van der Waals surface area (Å²) in [4.78, 5) is 27.7. The highest BCUT2D eigenvalue weighted by molar-refractivity contribution is 5.79. The van der Waals surface area contributed by atoms with Crippen LogP contribution in [0.5, 0.6) is 11.5 Å². The molecule has 1 aliphatic rings. The van der Waals surface area contributed by atoms with E-state index in [9.17, 15) is 9.59 Å². The summed E-state index contributed by atoms with van der Waals surface area (Å²) in [6.07, 6.45) is 1.20. The van der Waals surface area contributed by atoms with Gasteiger partial charge in [0.15, 0.2) is 0 Å². The van der Waals surface area contributed by atoms with Crippen LogP contribution in [0.1, 0.15) is 18.9 Å². The predicted molar refractivity (Wildman–Crippen MR) is 100 cm³/mol.